The van der Waals surface area contributed by atoms with Gasteiger partial charge in [0.1, 0.15) is 5.65 Å². The summed E-state index contributed by atoms with van der Waals surface area (Å²) in [5.74, 6) is -0.203. The van der Waals surface area contributed by atoms with Crippen LogP contribution in [-0.2, 0) is 0 Å². The monoisotopic (exact) mass is 398 g/mol. The first-order chi connectivity index (χ1) is 11.7. The molecule has 0 aliphatic carbocycles. The number of halogens is 1. The molecule has 118 valence electrons. The SMILES string of the molecule is O=C(Nc1cnccc1-c1ccsc1)c1c[nH]c2ncc(Br)cc12. The average Bonchev–Trinajstić information content (AvgIpc) is 3.24. The van der Waals surface area contributed by atoms with E-state index in [0.717, 1.165) is 21.0 Å². The highest BCUT2D eigenvalue weighted by Gasteiger charge is 2.15. The number of nitrogens with one attached hydrogen (secondary N) is 2. The summed E-state index contributed by atoms with van der Waals surface area (Å²) in [4.78, 5) is 24.1. The Morgan fingerprint density at radius 1 is 1.29 bits per heavy atom. The third kappa shape index (κ3) is 2.72. The molecule has 7 heteroatoms. The topological polar surface area (TPSA) is 70.7 Å². The van der Waals surface area contributed by atoms with E-state index in [1.165, 1.54) is 0 Å². The summed E-state index contributed by atoms with van der Waals surface area (Å²) in [6, 6.07) is 5.78. The van der Waals surface area contributed by atoms with Crippen molar-refractivity contribution in [2.45, 2.75) is 0 Å². The zero-order valence-electron chi connectivity index (χ0n) is 12.3. The quantitative estimate of drug-likeness (QED) is 0.525. The second kappa shape index (κ2) is 6.18. The van der Waals surface area contributed by atoms with E-state index in [2.05, 4.69) is 36.2 Å². The van der Waals surface area contributed by atoms with Crippen molar-refractivity contribution in [1.82, 2.24) is 15.0 Å². The standard InChI is InChI=1S/C17H11BrN4OS/c18-11-5-13-14(7-21-16(13)20-6-11)17(23)22-15-8-19-3-1-12(15)10-2-4-24-9-10/h1-9H,(H,20,21)(H,22,23). The van der Waals surface area contributed by atoms with Gasteiger partial charge in [-0.05, 0) is 50.5 Å². The molecule has 0 saturated heterocycles. The van der Waals surface area contributed by atoms with Crippen LogP contribution in [0.4, 0.5) is 5.69 Å². The van der Waals surface area contributed by atoms with Gasteiger partial charge in [0.15, 0.2) is 0 Å². The fourth-order valence-electron chi connectivity index (χ4n) is 2.52. The van der Waals surface area contributed by atoms with Gasteiger partial charge in [-0.2, -0.15) is 11.3 Å². The Hall–Kier alpha value is -2.51. The number of rotatable bonds is 3. The highest BCUT2D eigenvalue weighted by atomic mass is 79.9. The van der Waals surface area contributed by atoms with E-state index in [9.17, 15) is 4.79 Å². The Morgan fingerprint density at radius 3 is 3.04 bits per heavy atom. The Labute approximate surface area is 149 Å². The summed E-state index contributed by atoms with van der Waals surface area (Å²) >= 11 is 5.00. The molecular weight excluding hydrogens is 388 g/mol. The van der Waals surface area contributed by atoms with Crippen LogP contribution in [0.3, 0.4) is 0 Å². The molecule has 4 rings (SSSR count). The Morgan fingerprint density at radius 2 is 2.21 bits per heavy atom. The van der Waals surface area contributed by atoms with Gasteiger partial charge in [-0.1, -0.05) is 0 Å². The minimum absolute atomic E-state index is 0.203. The van der Waals surface area contributed by atoms with Gasteiger partial charge in [0.25, 0.3) is 5.91 Å². The van der Waals surface area contributed by atoms with Crippen LogP contribution in [-0.4, -0.2) is 20.9 Å². The summed E-state index contributed by atoms with van der Waals surface area (Å²) < 4.78 is 0.823. The van der Waals surface area contributed by atoms with Crippen molar-refractivity contribution < 1.29 is 4.79 Å². The minimum atomic E-state index is -0.203. The maximum absolute atomic E-state index is 12.7. The van der Waals surface area contributed by atoms with Crippen molar-refractivity contribution in [1.29, 1.82) is 0 Å². The molecule has 4 heterocycles. The Balaban J connectivity index is 1.71. The number of fused-ring (bicyclic) bond motifs is 1. The lowest BCUT2D eigenvalue weighted by Gasteiger charge is -2.09. The molecule has 0 atom stereocenters. The van der Waals surface area contributed by atoms with Crippen LogP contribution in [0.15, 0.2) is 58.2 Å². The summed E-state index contributed by atoms with van der Waals surface area (Å²) in [5.41, 5.74) is 3.89. The normalized spacial score (nSPS) is 10.9. The van der Waals surface area contributed by atoms with Crippen LogP contribution in [0.25, 0.3) is 22.2 Å². The number of aromatic amines is 1. The number of H-pyrrole nitrogens is 1. The van der Waals surface area contributed by atoms with Crippen molar-refractivity contribution in [2.24, 2.45) is 0 Å². The Kier molecular flexibility index (Phi) is 3.87. The largest absolute Gasteiger partial charge is 0.345 e. The van der Waals surface area contributed by atoms with E-state index < -0.39 is 0 Å². The van der Waals surface area contributed by atoms with E-state index >= 15 is 0 Å². The third-order valence-corrected chi connectivity index (χ3v) is 4.76. The third-order valence-electron chi connectivity index (χ3n) is 3.64. The molecule has 1 amide bonds. The number of thiophene rings is 1. The fourth-order valence-corrected chi connectivity index (χ4v) is 3.51. The van der Waals surface area contributed by atoms with Gasteiger partial charge in [-0.3, -0.25) is 9.78 Å². The van der Waals surface area contributed by atoms with Gasteiger partial charge in [-0.15, -0.1) is 0 Å². The maximum atomic E-state index is 12.7. The van der Waals surface area contributed by atoms with Crippen LogP contribution < -0.4 is 5.32 Å². The van der Waals surface area contributed by atoms with E-state index in [4.69, 9.17) is 0 Å². The molecular formula is C17H11BrN4OS. The molecule has 0 unspecified atom stereocenters. The number of hydrogen-bond donors (Lipinski definition) is 2. The van der Waals surface area contributed by atoms with Crippen LogP contribution >= 0.6 is 27.3 Å². The minimum Gasteiger partial charge on any atom is -0.345 e. The number of amides is 1. The van der Waals surface area contributed by atoms with Gasteiger partial charge in [-0.25, -0.2) is 4.98 Å². The first kappa shape index (κ1) is 15.0. The van der Waals surface area contributed by atoms with E-state index in [1.807, 2.05) is 29.0 Å². The molecule has 0 saturated carbocycles. The second-order valence-corrected chi connectivity index (χ2v) is 6.84. The maximum Gasteiger partial charge on any atom is 0.257 e. The summed E-state index contributed by atoms with van der Waals surface area (Å²) in [6.45, 7) is 0. The lowest BCUT2D eigenvalue weighted by Crippen LogP contribution is -2.12. The number of anilines is 1. The number of nitrogens with zero attached hydrogens (tertiary/aromatic N) is 2. The van der Waals surface area contributed by atoms with E-state index in [0.29, 0.717) is 16.9 Å². The summed E-state index contributed by atoms with van der Waals surface area (Å²) in [6.07, 6.45) is 6.74. The van der Waals surface area contributed by atoms with E-state index in [1.54, 1.807) is 36.1 Å². The van der Waals surface area contributed by atoms with Crippen LogP contribution in [0.5, 0.6) is 0 Å². The molecule has 0 spiro atoms. The van der Waals surface area contributed by atoms with Crippen LogP contribution in [0.1, 0.15) is 10.4 Å². The van der Waals surface area contributed by atoms with Gasteiger partial charge >= 0.3 is 0 Å². The lowest BCUT2D eigenvalue weighted by atomic mass is 10.1. The summed E-state index contributed by atoms with van der Waals surface area (Å²) in [7, 11) is 0. The van der Waals surface area contributed by atoms with E-state index in [-0.39, 0.29) is 5.91 Å². The molecule has 2 N–H and O–H groups in total. The van der Waals surface area contributed by atoms with Gasteiger partial charge < -0.3 is 10.3 Å². The van der Waals surface area contributed by atoms with Crippen molar-refractivity contribution in [3.63, 3.8) is 0 Å². The smallest absolute Gasteiger partial charge is 0.257 e. The number of pyridine rings is 2. The first-order valence-corrected chi connectivity index (χ1v) is 8.86. The number of carbonyl (C=O) groups is 1. The van der Waals surface area contributed by atoms with Crippen LogP contribution in [0, 0.1) is 0 Å². The predicted octanol–water partition coefficient (Wildman–Crippen LogP) is 4.70. The molecule has 0 fully saturated rings. The molecule has 4 aromatic rings. The zero-order chi connectivity index (χ0) is 16.5. The number of aromatic nitrogens is 3. The highest BCUT2D eigenvalue weighted by molar-refractivity contribution is 9.10. The van der Waals surface area contributed by atoms with Crippen molar-refractivity contribution >= 4 is 49.9 Å². The molecule has 5 nitrogen and oxygen atoms in total. The van der Waals surface area contributed by atoms with Gasteiger partial charge in [0, 0.05) is 34.0 Å². The fraction of sp³-hybridized carbons (Fsp3) is 0. The van der Waals surface area contributed by atoms with Gasteiger partial charge in [0.05, 0.1) is 17.4 Å². The highest BCUT2D eigenvalue weighted by Crippen LogP contribution is 2.29. The first-order valence-electron chi connectivity index (χ1n) is 7.13. The van der Waals surface area contributed by atoms with Gasteiger partial charge in [0.2, 0.25) is 0 Å². The molecule has 0 aliphatic rings. The predicted molar refractivity (Wildman–Crippen MR) is 99.3 cm³/mol. The van der Waals surface area contributed by atoms with Crippen molar-refractivity contribution in [3.8, 4) is 11.1 Å². The molecule has 0 aliphatic heterocycles. The number of hydrogen-bond acceptors (Lipinski definition) is 4. The van der Waals surface area contributed by atoms with Crippen molar-refractivity contribution in [3.05, 3.63) is 63.8 Å². The molecule has 4 aromatic heterocycles. The Bertz CT molecular complexity index is 1030. The molecule has 24 heavy (non-hydrogen) atoms. The van der Waals surface area contributed by atoms with Crippen LogP contribution in [0.2, 0.25) is 0 Å². The lowest BCUT2D eigenvalue weighted by molar-refractivity contribution is 0.102. The second-order valence-electron chi connectivity index (χ2n) is 5.14. The summed E-state index contributed by atoms with van der Waals surface area (Å²) in [5, 5.41) is 7.76. The van der Waals surface area contributed by atoms with Crippen molar-refractivity contribution in [2.75, 3.05) is 5.32 Å². The average molecular weight is 399 g/mol. The molecule has 0 radical (unpaired) electrons. The molecule has 0 bridgehead atoms. The number of carbonyl (C=O) groups excluding carboxylic acids is 1. The molecule has 0 aromatic carbocycles. The zero-order valence-corrected chi connectivity index (χ0v) is 14.7.